The van der Waals surface area contributed by atoms with Crippen LogP contribution in [-0.2, 0) is 25.7 Å². The lowest BCUT2D eigenvalue weighted by atomic mass is 9.98. The van der Waals surface area contributed by atoms with E-state index in [9.17, 15) is 34.1 Å². The molecular weight excluding hydrogens is 724 g/mol. The minimum atomic E-state index is -1.21. The predicted octanol–water partition coefficient (Wildman–Crippen LogP) is 5.51. The second-order valence-electron chi connectivity index (χ2n) is 13.3. The summed E-state index contributed by atoms with van der Waals surface area (Å²) in [6, 6.07) is 23.7. The van der Waals surface area contributed by atoms with Crippen molar-refractivity contribution in [1.29, 1.82) is 0 Å². The van der Waals surface area contributed by atoms with E-state index < -0.39 is 53.0 Å². The monoisotopic (exact) mass is 766 g/mol. The van der Waals surface area contributed by atoms with Gasteiger partial charge in [0.15, 0.2) is 0 Å². The molecule has 1 aliphatic carbocycles. The van der Waals surface area contributed by atoms with Gasteiger partial charge >= 0.3 is 18.3 Å². The van der Waals surface area contributed by atoms with Crippen LogP contribution >= 0.6 is 0 Å². The summed E-state index contributed by atoms with van der Waals surface area (Å²) in [5.41, 5.74) is 15.8. The Morgan fingerprint density at radius 2 is 1.45 bits per heavy atom. The number of carbonyl (C=O) groups is 5. The van der Waals surface area contributed by atoms with Crippen molar-refractivity contribution in [1.82, 2.24) is 10.6 Å². The van der Waals surface area contributed by atoms with Gasteiger partial charge in [-0.25, -0.2) is 14.4 Å². The largest absolute Gasteiger partial charge is 0.514 e. The van der Waals surface area contributed by atoms with Gasteiger partial charge in [-0.3, -0.25) is 24.6 Å². The van der Waals surface area contributed by atoms with Gasteiger partial charge in [0.2, 0.25) is 5.91 Å². The smallest absolute Gasteiger partial charge is 0.449 e. The van der Waals surface area contributed by atoms with E-state index in [4.69, 9.17) is 25.7 Å². The fourth-order valence-electron chi connectivity index (χ4n) is 6.45. The summed E-state index contributed by atoms with van der Waals surface area (Å²) in [5, 5.41) is 16.0. The molecule has 16 nitrogen and oxygen atoms in total. The third-order valence-electron chi connectivity index (χ3n) is 9.20. The number of nitrogens with two attached hydrogens (primary N) is 2. The van der Waals surface area contributed by atoms with Crippen LogP contribution in [0, 0.1) is 16.0 Å². The molecule has 0 aromatic heterocycles. The van der Waals surface area contributed by atoms with E-state index in [2.05, 4.69) is 10.6 Å². The van der Waals surface area contributed by atoms with Crippen LogP contribution in [0.2, 0.25) is 0 Å². The maximum Gasteiger partial charge on any atom is 0.514 e. The minimum absolute atomic E-state index is 0.0182. The van der Waals surface area contributed by atoms with Crippen molar-refractivity contribution in [2.45, 2.75) is 51.3 Å². The highest BCUT2D eigenvalue weighted by Crippen LogP contribution is 2.44. The lowest BCUT2D eigenvalue weighted by Gasteiger charge is -2.34. The molecule has 0 heterocycles. The van der Waals surface area contributed by atoms with Gasteiger partial charge in [-0.1, -0.05) is 74.5 Å². The highest BCUT2D eigenvalue weighted by Gasteiger charge is 2.37. The van der Waals surface area contributed by atoms with E-state index in [1.165, 1.54) is 41.3 Å². The Labute approximate surface area is 322 Å². The number of alkyl carbamates (subject to hydrolysis) is 1. The van der Waals surface area contributed by atoms with Crippen molar-refractivity contribution in [2.24, 2.45) is 17.4 Å². The van der Waals surface area contributed by atoms with E-state index in [-0.39, 0.29) is 55.6 Å². The quantitative estimate of drug-likeness (QED) is 0.0367. The van der Waals surface area contributed by atoms with Crippen LogP contribution in [0.3, 0.4) is 0 Å². The van der Waals surface area contributed by atoms with E-state index >= 15 is 0 Å². The number of non-ortho nitro benzene ring substituents is 1. The molecule has 5 amide bonds. The van der Waals surface area contributed by atoms with Gasteiger partial charge in [-0.05, 0) is 70.8 Å². The number of primary amides is 2. The first kappa shape index (κ1) is 40.2. The second-order valence-corrected chi connectivity index (χ2v) is 13.3. The Hall–Kier alpha value is -6.97. The summed E-state index contributed by atoms with van der Waals surface area (Å²) in [4.78, 5) is 75.9. The lowest BCUT2D eigenvalue weighted by Crippen LogP contribution is -2.57. The Bertz CT molecular complexity index is 2030. The van der Waals surface area contributed by atoms with Crippen molar-refractivity contribution < 1.29 is 43.1 Å². The summed E-state index contributed by atoms with van der Waals surface area (Å²) in [5.74, 6) is -2.11. The zero-order chi connectivity index (χ0) is 40.4. The van der Waals surface area contributed by atoms with Crippen molar-refractivity contribution in [3.63, 3.8) is 0 Å². The van der Waals surface area contributed by atoms with Crippen molar-refractivity contribution >= 4 is 41.5 Å². The molecule has 0 saturated heterocycles. The van der Waals surface area contributed by atoms with E-state index in [1.807, 2.05) is 48.5 Å². The number of hydrogen-bond acceptors (Lipinski definition) is 10. The lowest BCUT2D eigenvalue weighted by molar-refractivity contribution is -0.384. The molecule has 6 N–H and O–H groups in total. The first-order valence-electron chi connectivity index (χ1n) is 17.8. The van der Waals surface area contributed by atoms with Crippen LogP contribution in [0.25, 0.3) is 11.1 Å². The molecule has 16 heteroatoms. The minimum Gasteiger partial charge on any atom is -0.449 e. The number of nitrogens with one attached hydrogen (secondary N) is 2. The zero-order valence-corrected chi connectivity index (χ0v) is 30.7. The average molecular weight is 767 g/mol. The van der Waals surface area contributed by atoms with Crippen LogP contribution in [-0.4, -0.2) is 60.3 Å². The molecule has 0 saturated carbocycles. The normalized spacial score (nSPS) is 12.7. The fraction of sp³-hybridized carbons (Fsp3) is 0.275. The first-order valence-corrected chi connectivity index (χ1v) is 17.8. The van der Waals surface area contributed by atoms with Gasteiger partial charge in [-0.15, -0.1) is 0 Å². The number of nitro benzene ring substituents is 1. The number of nitrogens with zero attached hydrogens (tertiary/aromatic N) is 2. The Morgan fingerprint density at radius 3 is 2.00 bits per heavy atom. The van der Waals surface area contributed by atoms with Crippen molar-refractivity contribution in [3.05, 3.63) is 124 Å². The maximum absolute atomic E-state index is 14.5. The standard InChI is InChI=1S/C40H42N6O10/c1-24(2)35(44-39(50)54-23-33-31-10-5-3-8-29(31)30-9-4-6-11-32(30)33)37(48)45(34(36(41)47)12-7-21-43-38(42)49)26-15-13-25(14-16-26)22-55-40(51)56-28-19-17-27(18-20-28)46(52)53/h3-6,8-11,13-20,24,33-35H,7,12,21-23H2,1-2H3,(H2,41,47)(H,44,50)(H3,42,43,49)/t34-,35-/m0/s1. The molecule has 0 unspecified atom stereocenters. The third kappa shape index (κ3) is 9.96. The van der Waals surface area contributed by atoms with Gasteiger partial charge in [0.05, 0.1) is 4.92 Å². The fourth-order valence-corrected chi connectivity index (χ4v) is 6.45. The number of ether oxygens (including phenoxy) is 3. The van der Waals surface area contributed by atoms with Gasteiger partial charge in [0.1, 0.15) is 31.0 Å². The van der Waals surface area contributed by atoms with Crippen molar-refractivity contribution in [2.75, 3.05) is 18.1 Å². The molecule has 0 spiro atoms. The second kappa shape index (κ2) is 18.4. The molecule has 0 radical (unpaired) electrons. The summed E-state index contributed by atoms with van der Waals surface area (Å²) in [7, 11) is 0. The number of urea groups is 1. The number of rotatable bonds is 16. The third-order valence-corrected chi connectivity index (χ3v) is 9.20. The number of carbonyl (C=O) groups excluding carboxylic acids is 5. The molecular formula is C40H42N6O10. The SMILES string of the molecule is CC(C)[C@H](NC(=O)OCC1c2ccccc2-c2ccccc21)C(=O)N(c1ccc(COC(=O)Oc2ccc([N+](=O)[O-])cc2)cc1)[C@@H](CCCNC(N)=O)C(N)=O. The van der Waals surface area contributed by atoms with Gasteiger partial charge in [0.25, 0.3) is 11.6 Å². The molecule has 292 valence electrons. The highest BCUT2D eigenvalue weighted by molar-refractivity contribution is 6.04. The Kier molecular flexibility index (Phi) is 13.2. The molecule has 1 aliphatic rings. The van der Waals surface area contributed by atoms with E-state index in [0.29, 0.717) is 5.56 Å². The molecule has 2 atom stereocenters. The highest BCUT2D eigenvalue weighted by atomic mass is 16.7. The number of fused-ring (bicyclic) bond motifs is 3. The van der Waals surface area contributed by atoms with Gasteiger partial charge in [-0.2, -0.15) is 0 Å². The maximum atomic E-state index is 14.5. The number of nitro groups is 1. The molecule has 0 aliphatic heterocycles. The van der Waals surface area contributed by atoms with Crippen molar-refractivity contribution in [3.8, 4) is 16.9 Å². The summed E-state index contributed by atoms with van der Waals surface area (Å²) < 4.78 is 16.0. The molecule has 4 aromatic carbocycles. The summed E-state index contributed by atoms with van der Waals surface area (Å²) in [6.45, 7) is 3.35. The van der Waals surface area contributed by atoms with Gasteiger partial charge < -0.3 is 36.3 Å². The zero-order valence-electron chi connectivity index (χ0n) is 30.7. The average Bonchev–Trinajstić information content (AvgIpc) is 3.50. The molecule has 4 aromatic rings. The topological polar surface area (TPSA) is 236 Å². The van der Waals surface area contributed by atoms with E-state index in [0.717, 1.165) is 22.3 Å². The van der Waals surface area contributed by atoms with Crippen LogP contribution in [0.4, 0.5) is 25.8 Å². The number of anilines is 1. The molecule has 0 fully saturated rings. The van der Waals surface area contributed by atoms with Crippen LogP contribution < -0.4 is 31.7 Å². The summed E-state index contributed by atoms with van der Waals surface area (Å²) in [6.07, 6.45) is -1.61. The van der Waals surface area contributed by atoms with Crippen LogP contribution in [0.15, 0.2) is 97.1 Å². The van der Waals surface area contributed by atoms with Crippen LogP contribution in [0.5, 0.6) is 5.75 Å². The van der Waals surface area contributed by atoms with Crippen LogP contribution in [0.1, 0.15) is 49.3 Å². The summed E-state index contributed by atoms with van der Waals surface area (Å²) >= 11 is 0. The molecule has 0 bridgehead atoms. The predicted molar refractivity (Wildman–Crippen MR) is 204 cm³/mol. The molecule has 56 heavy (non-hydrogen) atoms. The van der Waals surface area contributed by atoms with E-state index in [1.54, 1.807) is 26.0 Å². The molecule has 5 rings (SSSR count). The number of hydrogen-bond donors (Lipinski definition) is 4. The Morgan fingerprint density at radius 1 is 0.839 bits per heavy atom. The Balaban J connectivity index is 1.30. The number of amides is 5. The first-order chi connectivity index (χ1) is 26.8. The van der Waals surface area contributed by atoms with Gasteiger partial charge in [0, 0.05) is 30.3 Å². The number of benzene rings is 4.